The lowest BCUT2D eigenvalue weighted by Gasteiger charge is -2.21. The van der Waals surface area contributed by atoms with E-state index < -0.39 is 0 Å². The van der Waals surface area contributed by atoms with E-state index in [4.69, 9.17) is 0 Å². The molecule has 0 spiro atoms. The Morgan fingerprint density at radius 1 is 1.19 bits per heavy atom. The lowest BCUT2D eigenvalue weighted by molar-refractivity contribution is -0.116. The largest absolute Gasteiger partial charge is 0.312 e. The molecular weight excluding hydrogens is 433 g/mol. The summed E-state index contributed by atoms with van der Waals surface area (Å²) in [5.74, 6) is -0.350. The molecular formula is C23H20FN3O2S2. The van der Waals surface area contributed by atoms with Gasteiger partial charge in [0.2, 0.25) is 5.91 Å². The van der Waals surface area contributed by atoms with Gasteiger partial charge in [0, 0.05) is 12.2 Å². The van der Waals surface area contributed by atoms with E-state index >= 15 is 0 Å². The number of halogens is 1. The topological polar surface area (TPSA) is 55.2 Å². The van der Waals surface area contributed by atoms with Gasteiger partial charge in [-0.15, -0.1) is 11.3 Å². The van der Waals surface area contributed by atoms with Crippen molar-refractivity contribution in [1.29, 1.82) is 0 Å². The summed E-state index contributed by atoms with van der Waals surface area (Å²) in [5, 5.41) is 2.21. The monoisotopic (exact) mass is 453 g/mol. The molecule has 0 fully saturated rings. The SMILES string of the molecule is CCN(C(=O)CSc1nc2ccsc2c(=O)n1-c1ccc(F)cc1)c1cccc(C)c1. The molecule has 2 heterocycles. The van der Waals surface area contributed by atoms with Gasteiger partial charge in [-0.05, 0) is 67.3 Å². The molecule has 0 unspecified atom stereocenters. The molecule has 0 aliphatic rings. The van der Waals surface area contributed by atoms with Gasteiger partial charge in [0.25, 0.3) is 5.56 Å². The van der Waals surface area contributed by atoms with E-state index in [0.29, 0.717) is 27.6 Å². The fourth-order valence-corrected chi connectivity index (χ4v) is 4.96. The molecule has 0 aliphatic carbocycles. The summed E-state index contributed by atoms with van der Waals surface area (Å²) < 4.78 is 15.4. The van der Waals surface area contributed by atoms with Crippen molar-refractivity contribution in [2.24, 2.45) is 0 Å². The normalized spacial score (nSPS) is 11.1. The number of hydrogen-bond donors (Lipinski definition) is 0. The number of aromatic nitrogens is 2. The number of amides is 1. The maximum absolute atomic E-state index is 13.4. The van der Waals surface area contributed by atoms with E-state index in [1.54, 1.807) is 11.0 Å². The maximum Gasteiger partial charge on any atom is 0.276 e. The zero-order valence-electron chi connectivity index (χ0n) is 17.0. The lowest BCUT2D eigenvalue weighted by Crippen LogP contribution is -2.32. The lowest BCUT2D eigenvalue weighted by atomic mass is 10.2. The van der Waals surface area contributed by atoms with Crippen LogP contribution in [0.1, 0.15) is 12.5 Å². The third kappa shape index (κ3) is 4.40. The van der Waals surface area contributed by atoms with E-state index in [1.807, 2.05) is 43.5 Å². The van der Waals surface area contributed by atoms with Gasteiger partial charge in [0.1, 0.15) is 10.5 Å². The number of thioether (sulfide) groups is 1. The third-order valence-corrected chi connectivity index (χ3v) is 6.60. The van der Waals surface area contributed by atoms with Crippen molar-refractivity contribution in [1.82, 2.24) is 9.55 Å². The number of anilines is 1. The van der Waals surface area contributed by atoms with Crippen molar-refractivity contribution in [3.8, 4) is 5.69 Å². The molecule has 4 rings (SSSR count). The van der Waals surface area contributed by atoms with Crippen LogP contribution >= 0.6 is 23.1 Å². The fraction of sp³-hybridized carbons (Fsp3) is 0.174. The number of carbonyl (C=O) groups is 1. The number of rotatable bonds is 6. The summed E-state index contributed by atoms with van der Waals surface area (Å²) in [6.45, 7) is 4.44. The second-order valence-electron chi connectivity index (χ2n) is 6.91. The van der Waals surface area contributed by atoms with Crippen LogP contribution in [0.5, 0.6) is 0 Å². The molecule has 2 aromatic carbocycles. The summed E-state index contributed by atoms with van der Waals surface area (Å²) in [5.41, 5.74) is 2.79. The molecule has 2 aromatic heterocycles. The van der Waals surface area contributed by atoms with Crippen LogP contribution in [0.15, 0.2) is 69.9 Å². The highest BCUT2D eigenvalue weighted by Gasteiger charge is 2.19. The number of hydrogen-bond acceptors (Lipinski definition) is 5. The van der Waals surface area contributed by atoms with E-state index in [9.17, 15) is 14.0 Å². The number of fused-ring (bicyclic) bond motifs is 1. The van der Waals surface area contributed by atoms with Crippen LogP contribution in [0.3, 0.4) is 0 Å². The Morgan fingerprint density at radius 3 is 2.68 bits per heavy atom. The van der Waals surface area contributed by atoms with E-state index in [2.05, 4.69) is 4.98 Å². The van der Waals surface area contributed by atoms with Gasteiger partial charge in [-0.2, -0.15) is 0 Å². The van der Waals surface area contributed by atoms with Crippen LogP contribution in [0.4, 0.5) is 10.1 Å². The van der Waals surface area contributed by atoms with Crippen LogP contribution in [0.25, 0.3) is 15.9 Å². The van der Waals surface area contributed by atoms with Crippen molar-refractivity contribution in [2.75, 3.05) is 17.2 Å². The van der Waals surface area contributed by atoms with Gasteiger partial charge >= 0.3 is 0 Å². The molecule has 31 heavy (non-hydrogen) atoms. The summed E-state index contributed by atoms with van der Waals surface area (Å²) >= 11 is 2.51. The Bertz CT molecular complexity index is 1300. The van der Waals surface area contributed by atoms with Crippen molar-refractivity contribution < 1.29 is 9.18 Å². The molecule has 158 valence electrons. The summed E-state index contributed by atoms with van der Waals surface area (Å²) in [6.07, 6.45) is 0. The highest BCUT2D eigenvalue weighted by molar-refractivity contribution is 7.99. The predicted molar refractivity (Wildman–Crippen MR) is 125 cm³/mol. The number of nitrogens with zero attached hydrogens (tertiary/aromatic N) is 3. The Kier molecular flexibility index (Phi) is 6.20. The fourth-order valence-electron chi connectivity index (χ4n) is 3.31. The molecule has 0 radical (unpaired) electrons. The summed E-state index contributed by atoms with van der Waals surface area (Å²) in [4.78, 5) is 32.4. The third-order valence-electron chi connectivity index (χ3n) is 4.79. The minimum absolute atomic E-state index is 0.0802. The first-order valence-electron chi connectivity index (χ1n) is 9.74. The smallest absolute Gasteiger partial charge is 0.276 e. The highest BCUT2D eigenvalue weighted by atomic mass is 32.2. The molecule has 8 heteroatoms. The molecule has 0 saturated heterocycles. The zero-order valence-corrected chi connectivity index (χ0v) is 18.7. The van der Waals surface area contributed by atoms with Crippen LogP contribution in [-0.2, 0) is 4.79 Å². The molecule has 0 bridgehead atoms. The predicted octanol–water partition coefficient (Wildman–Crippen LogP) is 5.04. The van der Waals surface area contributed by atoms with Crippen LogP contribution in [-0.4, -0.2) is 27.8 Å². The Hall–Kier alpha value is -2.97. The van der Waals surface area contributed by atoms with Gasteiger partial charge in [-0.25, -0.2) is 9.37 Å². The van der Waals surface area contributed by atoms with E-state index in [-0.39, 0.29) is 23.0 Å². The van der Waals surface area contributed by atoms with Gasteiger partial charge in [0.15, 0.2) is 5.16 Å². The Morgan fingerprint density at radius 2 is 1.97 bits per heavy atom. The first-order chi connectivity index (χ1) is 15.0. The maximum atomic E-state index is 13.4. The first kappa shape index (κ1) is 21.3. The van der Waals surface area contributed by atoms with Gasteiger partial charge in [0.05, 0.1) is 17.0 Å². The molecule has 1 amide bonds. The van der Waals surface area contributed by atoms with Crippen molar-refractivity contribution in [3.05, 3.63) is 81.7 Å². The van der Waals surface area contributed by atoms with E-state index in [0.717, 1.165) is 11.3 Å². The van der Waals surface area contributed by atoms with Crippen LogP contribution in [0.2, 0.25) is 0 Å². The molecule has 0 saturated carbocycles. The van der Waals surface area contributed by atoms with Crippen molar-refractivity contribution in [2.45, 2.75) is 19.0 Å². The molecule has 4 aromatic rings. The number of carbonyl (C=O) groups excluding carboxylic acids is 1. The quantitative estimate of drug-likeness (QED) is 0.303. The number of benzene rings is 2. The molecule has 5 nitrogen and oxygen atoms in total. The summed E-state index contributed by atoms with van der Waals surface area (Å²) in [6, 6.07) is 15.2. The van der Waals surface area contributed by atoms with Crippen molar-refractivity contribution >= 4 is 44.9 Å². The number of aryl methyl sites for hydroxylation is 1. The van der Waals surface area contributed by atoms with Crippen LogP contribution in [0, 0.1) is 12.7 Å². The zero-order chi connectivity index (χ0) is 22.0. The van der Waals surface area contributed by atoms with Crippen molar-refractivity contribution in [3.63, 3.8) is 0 Å². The van der Waals surface area contributed by atoms with Gasteiger partial charge < -0.3 is 4.90 Å². The van der Waals surface area contributed by atoms with Gasteiger partial charge in [-0.3, -0.25) is 14.2 Å². The molecule has 0 N–H and O–H groups in total. The second kappa shape index (κ2) is 9.03. The minimum Gasteiger partial charge on any atom is -0.312 e. The van der Waals surface area contributed by atoms with E-state index in [1.165, 1.54) is 51.9 Å². The highest BCUT2D eigenvalue weighted by Crippen LogP contribution is 2.25. The first-order valence-corrected chi connectivity index (χ1v) is 11.6. The number of thiophene rings is 1. The van der Waals surface area contributed by atoms with Gasteiger partial charge in [-0.1, -0.05) is 23.9 Å². The minimum atomic E-state index is -0.386. The Balaban J connectivity index is 1.67. The molecule has 0 atom stereocenters. The average molecular weight is 454 g/mol. The standard InChI is InChI=1S/C23H20FN3O2S2/c1-3-26(18-6-4-5-15(2)13-18)20(28)14-31-23-25-19-11-12-30-21(19)22(29)27(23)17-9-7-16(24)8-10-17/h4-13H,3,14H2,1-2H3. The summed E-state index contributed by atoms with van der Waals surface area (Å²) in [7, 11) is 0. The second-order valence-corrected chi connectivity index (χ2v) is 8.77. The average Bonchev–Trinajstić information content (AvgIpc) is 3.23. The Labute approximate surface area is 187 Å². The molecule has 0 aliphatic heterocycles. The van der Waals surface area contributed by atoms with Crippen LogP contribution < -0.4 is 10.5 Å².